The van der Waals surface area contributed by atoms with Crippen LogP contribution in [0.2, 0.25) is 0 Å². The second kappa shape index (κ2) is 7.35. The van der Waals surface area contributed by atoms with Gasteiger partial charge in [-0.2, -0.15) is 0 Å². The van der Waals surface area contributed by atoms with Crippen LogP contribution in [0, 0.1) is 0 Å². The summed E-state index contributed by atoms with van der Waals surface area (Å²) in [6, 6.07) is 4.55. The first-order valence-electron chi connectivity index (χ1n) is 6.28. The van der Waals surface area contributed by atoms with Crippen molar-refractivity contribution in [3.05, 3.63) is 18.2 Å². The molecule has 0 radical (unpaired) electrons. The van der Waals surface area contributed by atoms with E-state index in [1.165, 1.54) is 19.2 Å². The molecule has 0 unspecified atom stereocenters. The zero-order valence-electron chi connectivity index (χ0n) is 11.1. The molecule has 1 rings (SSSR count). The number of sulfone groups is 1. The number of benzene rings is 1. The Labute approximate surface area is 114 Å². The van der Waals surface area contributed by atoms with Gasteiger partial charge in [0.25, 0.3) is 0 Å². The van der Waals surface area contributed by atoms with Gasteiger partial charge >= 0.3 is 0 Å². The largest absolute Gasteiger partial charge is 0.495 e. The van der Waals surface area contributed by atoms with E-state index in [1.54, 1.807) is 6.07 Å². The highest BCUT2D eigenvalue weighted by Crippen LogP contribution is 2.27. The van der Waals surface area contributed by atoms with E-state index in [0.29, 0.717) is 18.5 Å². The number of unbranched alkanes of at least 4 members (excludes halogenated alkanes) is 3. The molecule has 6 heteroatoms. The highest BCUT2D eigenvalue weighted by Gasteiger charge is 2.19. The molecule has 5 nitrogen and oxygen atoms in total. The SMILES string of the molecule is COc1cc(N)ccc1S(=O)(=O)CCCCCCO. The zero-order valence-corrected chi connectivity index (χ0v) is 11.9. The van der Waals surface area contributed by atoms with Gasteiger partial charge in [-0.25, -0.2) is 8.42 Å². The van der Waals surface area contributed by atoms with Crippen molar-refractivity contribution < 1.29 is 18.3 Å². The van der Waals surface area contributed by atoms with E-state index in [4.69, 9.17) is 15.6 Å². The van der Waals surface area contributed by atoms with Gasteiger partial charge in [0, 0.05) is 18.4 Å². The van der Waals surface area contributed by atoms with Crippen molar-refractivity contribution in [2.24, 2.45) is 0 Å². The maximum absolute atomic E-state index is 12.2. The van der Waals surface area contributed by atoms with E-state index in [-0.39, 0.29) is 23.0 Å². The lowest BCUT2D eigenvalue weighted by Gasteiger charge is -2.10. The average molecular weight is 287 g/mol. The highest BCUT2D eigenvalue weighted by molar-refractivity contribution is 7.91. The van der Waals surface area contributed by atoms with E-state index in [2.05, 4.69) is 0 Å². The molecule has 0 fully saturated rings. The topological polar surface area (TPSA) is 89.6 Å². The molecular weight excluding hydrogens is 266 g/mol. The Bertz CT molecular complexity index is 499. The summed E-state index contributed by atoms with van der Waals surface area (Å²) in [4.78, 5) is 0.186. The summed E-state index contributed by atoms with van der Waals surface area (Å²) in [5.41, 5.74) is 6.07. The van der Waals surface area contributed by atoms with Crippen LogP contribution >= 0.6 is 0 Å². The van der Waals surface area contributed by atoms with Gasteiger partial charge in [0.15, 0.2) is 9.84 Å². The van der Waals surface area contributed by atoms with Crippen LogP contribution in [0.4, 0.5) is 5.69 Å². The Morgan fingerprint density at radius 1 is 1.21 bits per heavy atom. The fraction of sp³-hybridized carbons (Fsp3) is 0.538. The smallest absolute Gasteiger partial charge is 0.182 e. The number of nitrogens with two attached hydrogens (primary N) is 1. The predicted octanol–water partition coefficient (Wildman–Crippen LogP) is 1.60. The highest BCUT2D eigenvalue weighted by atomic mass is 32.2. The van der Waals surface area contributed by atoms with Crippen LogP contribution in [0.1, 0.15) is 25.7 Å². The number of hydrogen-bond donors (Lipinski definition) is 2. The summed E-state index contributed by atoms with van der Waals surface area (Å²) in [5.74, 6) is 0.369. The minimum absolute atomic E-state index is 0.0821. The minimum atomic E-state index is -3.35. The molecule has 0 bridgehead atoms. The number of rotatable bonds is 8. The van der Waals surface area contributed by atoms with Crippen molar-refractivity contribution in [2.75, 3.05) is 25.2 Å². The first-order valence-corrected chi connectivity index (χ1v) is 7.93. The maximum atomic E-state index is 12.2. The molecule has 0 spiro atoms. The van der Waals surface area contributed by atoms with E-state index < -0.39 is 9.84 Å². The number of anilines is 1. The second-order valence-corrected chi connectivity index (χ2v) is 6.44. The third kappa shape index (κ3) is 4.72. The third-order valence-electron chi connectivity index (χ3n) is 2.84. The predicted molar refractivity (Wildman–Crippen MR) is 75.0 cm³/mol. The number of ether oxygens (including phenoxy) is 1. The molecular formula is C13H21NO4S. The molecule has 1 aromatic carbocycles. The molecule has 0 atom stereocenters. The van der Waals surface area contributed by atoms with Crippen molar-refractivity contribution in [1.82, 2.24) is 0 Å². The number of hydrogen-bond acceptors (Lipinski definition) is 5. The Morgan fingerprint density at radius 3 is 2.53 bits per heavy atom. The summed E-state index contributed by atoms with van der Waals surface area (Å²) in [6.45, 7) is 0.151. The molecule has 0 aliphatic rings. The standard InChI is InChI=1S/C13H21NO4S/c1-18-12-10-11(14)6-7-13(12)19(16,17)9-5-3-2-4-8-15/h6-7,10,15H,2-5,8-9,14H2,1H3. The van der Waals surface area contributed by atoms with Gasteiger partial charge in [-0.3, -0.25) is 0 Å². The Morgan fingerprint density at radius 2 is 1.89 bits per heavy atom. The van der Waals surface area contributed by atoms with Gasteiger partial charge in [0.05, 0.1) is 12.9 Å². The molecule has 108 valence electrons. The van der Waals surface area contributed by atoms with Gasteiger partial charge in [0.1, 0.15) is 10.6 Å². The lowest BCUT2D eigenvalue weighted by molar-refractivity contribution is 0.283. The van der Waals surface area contributed by atoms with Crippen LogP contribution < -0.4 is 10.5 Å². The van der Waals surface area contributed by atoms with E-state index in [9.17, 15) is 8.42 Å². The Hall–Kier alpha value is -1.27. The summed E-state index contributed by atoms with van der Waals surface area (Å²) >= 11 is 0. The molecule has 0 aliphatic heterocycles. The van der Waals surface area contributed by atoms with Gasteiger partial charge < -0.3 is 15.6 Å². The summed E-state index contributed by atoms with van der Waals surface area (Å²) in [5, 5.41) is 8.65. The van der Waals surface area contributed by atoms with Crippen LogP contribution in [-0.2, 0) is 9.84 Å². The van der Waals surface area contributed by atoms with Crippen LogP contribution in [0.25, 0.3) is 0 Å². The number of methoxy groups -OCH3 is 1. The van der Waals surface area contributed by atoms with E-state index in [1.807, 2.05) is 0 Å². The lowest BCUT2D eigenvalue weighted by atomic mass is 10.2. The molecule has 0 amide bonds. The average Bonchev–Trinajstić information content (AvgIpc) is 2.38. The quantitative estimate of drug-likeness (QED) is 0.560. The summed E-state index contributed by atoms with van der Waals surface area (Å²) in [7, 11) is -1.92. The molecule has 0 saturated heterocycles. The molecule has 1 aromatic rings. The molecule has 0 aliphatic carbocycles. The van der Waals surface area contributed by atoms with Crippen molar-refractivity contribution in [3.63, 3.8) is 0 Å². The fourth-order valence-corrected chi connectivity index (χ4v) is 3.34. The number of nitrogen functional groups attached to an aromatic ring is 1. The Kier molecular flexibility index (Phi) is 6.11. The first kappa shape index (κ1) is 15.8. The summed E-state index contributed by atoms with van der Waals surface area (Å²) in [6.07, 6.45) is 2.92. The second-order valence-electron chi connectivity index (χ2n) is 4.37. The van der Waals surface area contributed by atoms with E-state index in [0.717, 1.165) is 12.8 Å². The molecule has 19 heavy (non-hydrogen) atoms. The third-order valence-corrected chi connectivity index (χ3v) is 4.68. The van der Waals surface area contributed by atoms with Gasteiger partial charge in [-0.15, -0.1) is 0 Å². The molecule has 0 heterocycles. The first-order chi connectivity index (χ1) is 9.01. The molecule has 0 saturated carbocycles. The number of aliphatic hydroxyl groups excluding tert-OH is 1. The van der Waals surface area contributed by atoms with Crippen molar-refractivity contribution in [1.29, 1.82) is 0 Å². The lowest BCUT2D eigenvalue weighted by Crippen LogP contribution is -2.09. The zero-order chi connectivity index (χ0) is 14.3. The van der Waals surface area contributed by atoms with Crippen LogP contribution in [0.5, 0.6) is 5.75 Å². The Balaban J connectivity index is 2.72. The van der Waals surface area contributed by atoms with E-state index >= 15 is 0 Å². The van der Waals surface area contributed by atoms with Crippen LogP contribution in [0.15, 0.2) is 23.1 Å². The monoisotopic (exact) mass is 287 g/mol. The number of aliphatic hydroxyl groups is 1. The maximum Gasteiger partial charge on any atom is 0.182 e. The summed E-state index contributed by atoms with van der Waals surface area (Å²) < 4.78 is 29.4. The van der Waals surface area contributed by atoms with Gasteiger partial charge in [-0.1, -0.05) is 12.8 Å². The van der Waals surface area contributed by atoms with Gasteiger partial charge in [-0.05, 0) is 25.0 Å². The van der Waals surface area contributed by atoms with Crippen LogP contribution in [-0.4, -0.2) is 33.0 Å². The minimum Gasteiger partial charge on any atom is -0.495 e. The van der Waals surface area contributed by atoms with Crippen molar-refractivity contribution in [3.8, 4) is 5.75 Å². The van der Waals surface area contributed by atoms with Crippen molar-refractivity contribution >= 4 is 15.5 Å². The van der Waals surface area contributed by atoms with Crippen LogP contribution in [0.3, 0.4) is 0 Å². The van der Waals surface area contributed by atoms with Crippen molar-refractivity contribution in [2.45, 2.75) is 30.6 Å². The molecule has 3 N–H and O–H groups in total. The van der Waals surface area contributed by atoms with Gasteiger partial charge in [0.2, 0.25) is 0 Å². The molecule has 0 aromatic heterocycles. The fourth-order valence-electron chi connectivity index (χ4n) is 1.81. The normalized spacial score (nSPS) is 11.5.